The number of nitrogens with one attached hydrogen (secondary N) is 1. The van der Waals surface area contributed by atoms with Crippen molar-refractivity contribution in [1.82, 2.24) is 5.43 Å². The summed E-state index contributed by atoms with van der Waals surface area (Å²) in [5, 5.41) is 2.07. The second-order valence-electron chi connectivity index (χ2n) is 4.01. The predicted octanol–water partition coefficient (Wildman–Crippen LogP) is 4.03. The maximum atomic E-state index is 5.68. The Morgan fingerprint density at radius 1 is 1.32 bits per heavy atom. The Balaban J connectivity index is 2.22. The third-order valence-electron chi connectivity index (χ3n) is 2.86. The summed E-state index contributed by atoms with van der Waals surface area (Å²) in [5.41, 5.74) is 3.99. The van der Waals surface area contributed by atoms with Crippen molar-refractivity contribution in [2.45, 2.75) is 12.5 Å². The van der Waals surface area contributed by atoms with E-state index in [2.05, 4.69) is 48.7 Å². The summed E-state index contributed by atoms with van der Waals surface area (Å²) in [7, 11) is 1.65. The van der Waals surface area contributed by atoms with E-state index in [1.807, 2.05) is 18.2 Å². The molecule has 2 rings (SSSR count). The molecule has 3 nitrogen and oxygen atoms in total. The molecule has 0 aliphatic heterocycles. The van der Waals surface area contributed by atoms with Gasteiger partial charge in [0.05, 0.1) is 17.6 Å². The van der Waals surface area contributed by atoms with Crippen LogP contribution in [0.15, 0.2) is 38.6 Å². The minimum absolute atomic E-state index is 0.0668. The number of ether oxygens (including phenoxy) is 1. The van der Waals surface area contributed by atoms with E-state index in [4.69, 9.17) is 10.6 Å². The van der Waals surface area contributed by atoms with Crippen LogP contribution in [0.4, 0.5) is 0 Å². The number of rotatable bonds is 5. The molecule has 102 valence electrons. The number of hydrazine groups is 1. The molecule has 1 heterocycles. The van der Waals surface area contributed by atoms with Crippen LogP contribution in [0.2, 0.25) is 0 Å². The van der Waals surface area contributed by atoms with Crippen LogP contribution in [-0.2, 0) is 6.42 Å². The molecule has 0 saturated heterocycles. The Labute approximate surface area is 133 Å². The Bertz CT molecular complexity index is 559. The Morgan fingerprint density at radius 2 is 2.11 bits per heavy atom. The van der Waals surface area contributed by atoms with E-state index in [0.29, 0.717) is 0 Å². The SMILES string of the molecule is COc1ccc(C(Cc2sccc2Br)NN)cc1Br. The van der Waals surface area contributed by atoms with Gasteiger partial charge in [0.2, 0.25) is 0 Å². The van der Waals surface area contributed by atoms with Gasteiger partial charge in [-0.15, -0.1) is 11.3 Å². The van der Waals surface area contributed by atoms with Crippen molar-refractivity contribution in [1.29, 1.82) is 0 Å². The van der Waals surface area contributed by atoms with Crippen molar-refractivity contribution in [3.05, 3.63) is 49.0 Å². The minimum Gasteiger partial charge on any atom is -0.496 e. The molecular weight excluding hydrogens is 392 g/mol. The van der Waals surface area contributed by atoms with Gasteiger partial charge in [-0.1, -0.05) is 6.07 Å². The summed E-state index contributed by atoms with van der Waals surface area (Å²) in [6.45, 7) is 0. The highest BCUT2D eigenvalue weighted by Crippen LogP contribution is 2.31. The zero-order valence-corrected chi connectivity index (χ0v) is 14.3. The molecule has 1 unspecified atom stereocenters. The van der Waals surface area contributed by atoms with Gasteiger partial charge in [0, 0.05) is 15.8 Å². The maximum Gasteiger partial charge on any atom is 0.133 e. The van der Waals surface area contributed by atoms with Crippen molar-refractivity contribution in [3.63, 3.8) is 0 Å². The Hall–Kier alpha value is -0.400. The van der Waals surface area contributed by atoms with E-state index in [1.165, 1.54) is 4.88 Å². The summed E-state index contributed by atoms with van der Waals surface area (Å²) >= 11 is 8.76. The van der Waals surface area contributed by atoms with Gasteiger partial charge in [-0.3, -0.25) is 11.3 Å². The molecule has 0 aliphatic rings. The number of halogens is 2. The summed E-state index contributed by atoms with van der Waals surface area (Å²) in [4.78, 5) is 1.27. The molecule has 0 saturated carbocycles. The third-order valence-corrected chi connectivity index (χ3v) is 5.43. The molecular formula is C13H14Br2N2OS. The highest BCUT2D eigenvalue weighted by atomic mass is 79.9. The largest absolute Gasteiger partial charge is 0.496 e. The van der Waals surface area contributed by atoms with Crippen molar-refractivity contribution in [2.75, 3.05) is 7.11 Å². The highest BCUT2D eigenvalue weighted by molar-refractivity contribution is 9.10. The molecule has 0 aliphatic carbocycles. The van der Waals surface area contributed by atoms with Crippen LogP contribution in [-0.4, -0.2) is 7.11 Å². The van der Waals surface area contributed by atoms with Crippen LogP contribution >= 0.6 is 43.2 Å². The zero-order chi connectivity index (χ0) is 13.8. The quantitative estimate of drug-likeness (QED) is 0.583. The summed E-state index contributed by atoms with van der Waals surface area (Å²) in [5.74, 6) is 6.50. The second-order valence-corrected chi connectivity index (χ2v) is 6.72. The van der Waals surface area contributed by atoms with Crippen LogP contribution in [0.3, 0.4) is 0 Å². The van der Waals surface area contributed by atoms with Gasteiger partial charge in [-0.2, -0.15) is 0 Å². The molecule has 3 N–H and O–H groups in total. The highest BCUT2D eigenvalue weighted by Gasteiger charge is 2.14. The molecule has 0 radical (unpaired) electrons. The fourth-order valence-corrected chi connectivity index (χ4v) is 3.95. The maximum absolute atomic E-state index is 5.68. The van der Waals surface area contributed by atoms with Crippen molar-refractivity contribution >= 4 is 43.2 Å². The van der Waals surface area contributed by atoms with E-state index in [1.54, 1.807) is 18.4 Å². The lowest BCUT2D eigenvalue weighted by Crippen LogP contribution is -2.29. The van der Waals surface area contributed by atoms with Crippen LogP contribution in [0, 0.1) is 0 Å². The van der Waals surface area contributed by atoms with Gasteiger partial charge in [0.25, 0.3) is 0 Å². The molecule has 0 spiro atoms. The summed E-state index contributed by atoms with van der Waals surface area (Å²) < 4.78 is 7.29. The fraction of sp³-hybridized carbons (Fsp3) is 0.231. The van der Waals surface area contributed by atoms with Gasteiger partial charge in [0.15, 0.2) is 0 Å². The van der Waals surface area contributed by atoms with Crippen LogP contribution in [0.25, 0.3) is 0 Å². The van der Waals surface area contributed by atoms with Crippen molar-refractivity contribution in [3.8, 4) is 5.75 Å². The molecule has 19 heavy (non-hydrogen) atoms. The predicted molar refractivity (Wildman–Crippen MR) is 86.5 cm³/mol. The number of hydrogen-bond acceptors (Lipinski definition) is 4. The average molecular weight is 406 g/mol. The molecule has 1 aromatic carbocycles. The first-order valence-electron chi connectivity index (χ1n) is 5.67. The number of nitrogens with two attached hydrogens (primary N) is 1. The normalized spacial score (nSPS) is 12.4. The van der Waals surface area contributed by atoms with Crippen molar-refractivity contribution < 1.29 is 4.74 Å². The Morgan fingerprint density at radius 3 is 2.63 bits per heavy atom. The van der Waals surface area contributed by atoms with Crippen molar-refractivity contribution in [2.24, 2.45) is 5.84 Å². The number of methoxy groups -OCH3 is 1. The lowest BCUT2D eigenvalue weighted by molar-refractivity contribution is 0.411. The lowest BCUT2D eigenvalue weighted by atomic mass is 10.0. The lowest BCUT2D eigenvalue weighted by Gasteiger charge is -2.17. The summed E-state index contributed by atoms with van der Waals surface area (Å²) in [6.07, 6.45) is 0.841. The first-order chi connectivity index (χ1) is 9.15. The van der Waals surface area contributed by atoms with Crippen LogP contribution in [0.1, 0.15) is 16.5 Å². The topological polar surface area (TPSA) is 47.3 Å². The molecule has 0 bridgehead atoms. The van der Waals surface area contributed by atoms with E-state index in [-0.39, 0.29) is 6.04 Å². The fourth-order valence-electron chi connectivity index (χ4n) is 1.83. The monoisotopic (exact) mass is 404 g/mol. The van der Waals surface area contributed by atoms with E-state index in [9.17, 15) is 0 Å². The molecule has 6 heteroatoms. The van der Waals surface area contributed by atoms with E-state index < -0.39 is 0 Å². The Kier molecular flexibility index (Phi) is 5.41. The standard InChI is InChI=1S/C13H14Br2N2OS/c1-18-12-3-2-8(6-10(12)15)11(17-16)7-13-9(14)4-5-19-13/h2-6,11,17H,7,16H2,1H3. The van der Waals surface area contributed by atoms with Gasteiger partial charge in [-0.25, -0.2) is 0 Å². The third kappa shape index (κ3) is 3.58. The van der Waals surface area contributed by atoms with Gasteiger partial charge >= 0.3 is 0 Å². The molecule has 1 atom stereocenters. The summed E-state index contributed by atoms with van der Waals surface area (Å²) in [6, 6.07) is 8.11. The van der Waals surface area contributed by atoms with Gasteiger partial charge < -0.3 is 4.74 Å². The van der Waals surface area contributed by atoms with Gasteiger partial charge in [-0.05, 0) is 61.0 Å². The number of hydrogen-bond donors (Lipinski definition) is 2. The molecule has 2 aromatic rings. The molecule has 0 fully saturated rings. The zero-order valence-electron chi connectivity index (χ0n) is 10.3. The first-order valence-corrected chi connectivity index (χ1v) is 8.13. The van der Waals surface area contributed by atoms with E-state index >= 15 is 0 Å². The number of benzene rings is 1. The molecule has 1 aromatic heterocycles. The number of thiophene rings is 1. The second kappa shape index (κ2) is 6.85. The smallest absolute Gasteiger partial charge is 0.133 e. The molecule has 0 amide bonds. The minimum atomic E-state index is 0.0668. The van der Waals surface area contributed by atoms with Crippen LogP contribution in [0.5, 0.6) is 5.75 Å². The van der Waals surface area contributed by atoms with E-state index in [0.717, 1.165) is 26.7 Å². The van der Waals surface area contributed by atoms with Crippen LogP contribution < -0.4 is 16.0 Å². The first kappa shape index (κ1) is 15.0. The average Bonchev–Trinajstić information content (AvgIpc) is 2.81. The van der Waals surface area contributed by atoms with Gasteiger partial charge in [0.1, 0.15) is 5.75 Å².